The lowest BCUT2D eigenvalue weighted by molar-refractivity contribution is -0.137. The third kappa shape index (κ3) is 7.34. The van der Waals surface area contributed by atoms with E-state index >= 15 is 4.39 Å². The van der Waals surface area contributed by atoms with Crippen molar-refractivity contribution < 1.29 is 43.9 Å². The van der Waals surface area contributed by atoms with Gasteiger partial charge in [0, 0.05) is 18.8 Å². The first-order chi connectivity index (χ1) is 19.1. The molecular weight excluding hydrogens is 590 g/mol. The zero-order valence-corrected chi connectivity index (χ0v) is 23.1. The van der Waals surface area contributed by atoms with Crippen LogP contribution in [0.3, 0.4) is 0 Å². The monoisotopic (exact) mass is 615 g/mol. The molecule has 1 saturated heterocycles. The van der Waals surface area contributed by atoms with Gasteiger partial charge in [-0.05, 0) is 55.3 Å². The highest BCUT2D eigenvalue weighted by Crippen LogP contribution is 2.34. The number of amides is 1. The Morgan fingerprint density at radius 3 is 2.22 bits per heavy atom. The van der Waals surface area contributed by atoms with Crippen LogP contribution < -0.4 is 14.8 Å². The summed E-state index contributed by atoms with van der Waals surface area (Å²) in [4.78, 5) is 12.9. The van der Waals surface area contributed by atoms with E-state index in [0.29, 0.717) is 6.07 Å². The number of nitrogens with zero attached hydrogens (tertiary/aromatic N) is 1. The summed E-state index contributed by atoms with van der Waals surface area (Å²) in [6.07, 6.45) is -3.75. The van der Waals surface area contributed by atoms with Crippen molar-refractivity contribution in [3.63, 3.8) is 0 Å². The summed E-state index contributed by atoms with van der Waals surface area (Å²) in [6.45, 7) is 0.270. The highest BCUT2D eigenvalue weighted by molar-refractivity contribution is 7.92. The first-order valence-electron chi connectivity index (χ1n) is 12.2. The van der Waals surface area contributed by atoms with Gasteiger partial charge < -0.3 is 10.1 Å². The van der Waals surface area contributed by atoms with E-state index in [1.165, 1.54) is 34.6 Å². The molecule has 0 bridgehead atoms. The van der Waals surface area contributed by atoms with Crippen LogP contribution in [0.1, 0.15) is 28.8 Å². The summed E-state index contributed by atoms with van der Waals surface area (Å²) in [5.41, 5.74) is -2.57. The maximum Gasteiger partial charge on any atom is 0.416 e. The predicted molar refractivity (Wildman–Crippen MR) is 143 cm³/mol. The highest BCUT2D eigenvalue weighted by Gasteiger charge is 2.31. The average Bonchev–Trinajstić information content (AvgIpc) is 2.91. The van der Waals surface area contributed by atoms with Gasteiger partial charge in [-0.15, -0.1) is 0 Å². The van der Waals surface area contributed by atoms with Gasteiger partial charge in [0.2, 0.25) is 10.0 Å². The average molecular weight is 616 g/mol. The molecule has 0 atom stereocenters. The third-order valence-corrected chi connectivity index (χ3v) is 8.92. The molecule has 1 amide bonds. The molecule has 0 aliphatic carbocycles. The van der Waals surface area contributed by atoms with Crippen LogP contribution in [0.2, 0.25) is 0 Å². The van der Waals surface area contributed by atoms with E-state index in [2.05, 4.69) is 10.0 Å². The number of nitrogens with one attached hydrogen (secondary N) is 2. The van der Waals surface area contributed by atoms with Crippen molar-refractivity contribution >= 4 is 37.3 Å². The maximum atomic E-state index is 15.8. The molecule has 15 heteroatoms. The predicted octanol–water partition coefficient (Wildman–Crippen LogP) is 4.70. The number of hydrogen-bond donors (Lipinski definition) is 2. The number of carbonyl (C=O) groups excluding carboxylic acids is 1. The molecule has 9 nitrogen and oxygen atoms in total. The van der Waals surface area contributed by atoms with E-state index in [9.17, 15) is 34.8 Å². The fraction of sp³-hybridized carbons (Fsp3) is 0.269. The lowest BCUT2D eigenvalue weighted by Gasteiger charge is -2.30. The molecule has 1 aliphatic heterocycles. The van der Waals surface area contributed by atoms with E-state index in [1.807, 2.05) is 0 Å². The molecular formula is C26H25F4N3O6S2. The van der Waals surface area contributed by atoms with Crippen LogP contribution in [-0.4, -0.2) is 52.5 Å². The van der Waals surface area contributed by atoms with E-state index in [-0.39, 0.29) is 36.5 Å². The molecule has 3 aromatic rings. The van der Waals surface area contributed by atoms with Gasteiger partial charge in [-0.1, -0.05) is 24.3 Å². The Morgan fingerprint density at radius 1 is 0.951 bits per heavy atom. The number of hydrogen-bond acceptors (Lipinski definition) is 6. The number of piperidine rings is 1. The number of carbonyl (C=O) groups is 1. The van der Waals surface area contributed by atoms with Crippen LogP contribution in [0.15, 0.2) is 71.6 Å². The molecule has 0 radical (unpaired) electrons. The summed E-state index contributed by atoms with van der Waals surface area (Å²) >= 11 is 0. The van der Waals surface area contributed by atoms with Gasteiger partial charge in [-0.25, -0.2) is 25.5 Å². The van der Waals surface area contributed by atoms with Gasteiger partial charge in [-0.3, -0.25) is 9.52 Å². The quantitative estimate of drug-likeness (QED) is 0.355. The van der Waals surface area contributed by atoms with E-state index in [4.69, 9.17) is 4.74 Å². The first kappa shape index (κ1) is 30.3. The molecule has 3 aromatic carbocycles. The van der Waals surface area contributed by atoms with Crippen LogP contribution in [0.5, 0.6) is 5.75 Å². The number of rotatable bonds is 8. The number of ether oxygens (including phenoxy) is 1. The molecule has 0 spiro atoms. The normalized spacial score (nSPS) is 15.3. The zero-order chi connectivity index (χ0) is 30.0. The first-order valence-corrected chi connectivity index (χ1v) is 15.5. The van der Waals surface area contributed by atoms with Gasteiger partial charge in [0.1, 0.15) is 11.8 Å². The zero-order valence-electron chi connectivity index (χ0n) is 21.5. The van der Waals surface area contributed by atoms with Crippen molar-refractivity contribution in [1.29, 1.82) is 0 Å². The number of alkyl halides is 3. The van der Waals surface area contributed by atoms with Crippen molar-refractivity contribution in [1.82, 2.24) is 4.31 Å². The van der Waals surface area contributed by atoms with Crippen LogP contribution in [-0.2, 0) is 26.2 Å². The van der Waals surface area contributed by atoms with Gasteiger partial charge in [0.05, 0.1) is 22.3 Å². The Hall–Kier alpha value is -3.69. The van der Waals surface area contributed by atoms with Crippen LogP contribution in [0, 0.1) is 5.82 Å². The fourth-order valence-corrected chi connectivity index (χ4v) is 6.14. The molecule has 0 saturated carbocycles. The van der Waals surface area contributed by atoms with Gasteiger partial charge in [0.15, 0.2) is 11.6 Å². The van der Waals surface area contributed by atoms with E-state index in [0.717, 1.165) is 30.5 Å². The number of benzene rings is 3. The molecule has 0 unspecified atom stereocenters. The molecule has 4 rings (SSSR count). The molecule has 41 heavy (non-hydrogen) atoms. The number of sulfonamides is 2. The van der Waals surface area contributed by atoms with Crippen molar-refractivity contribution in [3.05, 3.63) is 83.7 Å². The van der Waals surface area contributed by atoms with Gasteiger partial charge in [-0.2, -0.15) is 13.2 Å². The second-order valence-electron chi connectivity index (χ2n) is 9.23. The second-order valence-corrected chi connectivity index (χ2v) is 12.9. The van der Waals surface area contributed by atoms with E-state index < -0.39 is 66.6 Å². The Balaban J connectivity index is 1.66. The lowest BCUT2D eigenvalue weighted by atomic mass is 10.1. The second kappa shape index (κ2) is 11.7. The van der Waals surface area contributed by atoms with Crippen molar-refractivity contribution in [2.45, 2.75) is 30.0 Å². The Morgan fingerprint density at radius 2 is 1.61 bits per heavy atom. The topological polar surface area (TPSA) is 122 Å². The standard InChI is InChI=1S/C26H25F4N3O6S2/c1-40(35,36)33-14-12-19(13-15-33)39-22-11-10-21(25(34)31-18-7-5-6-17(16-18)26(28,29)30)24(23(22)27)32-41(37,38)20-8-3-2-4-9-20/h2-11,16,19,32H,12-15H2,1H3,(H,31,34). The Bertz CT molecular complexity index is 1640. The van der Waals surface area contributed by atoms with Crippen LogP contribution >= 0.6 is 0 Å². The lowest BCUT2D eigenvalue weighted by Crippen LogP contribution is -2.41. The summed E-state index contributed by atoms with van der Waals surface area (Å²) in [7, 11) is -7.83. The third-order valence-electron chi connectivity index (χ3n) is 6.25. The minimum absolute atomic E-state index is 0.135. The number of halogens is 4. The minimum Gasteiger partial charge on any atom is -0.487 e. The Labute approximate surface area is 234 Å². The molecule has 0 aromatic heterocycles. The van der Waals surface area contributed by atoms with E-state index in [1.54, 1.807) is 6.07 Å². The Kier molecular flexibility index (Phi) is 8.61. The molecule has 2 N–H and O–H groups in total. The highest BCUT2D eigenvalue weighted by atomic mass is 32.2. The largest absolute Gasteiger partial charge is 0.487 e. The summed E-state index contributed by atoms with van der Waals surface area (Å²) in [6, 6.07) is 12.9. The summed E-state index contributed by atoms with van der Waals surface area (Å²) < 4.78 is 114. The molecule has 1 fully saturated rings. The van der Waals surface area contributed by atoms with Gasteiger partial charge in [0.25, 0.3) is 15.9 Å². The molecule has 1 aliphatic rings. The molecule has 1 heterocycles. The van der Waals surface area contributed by atoms with Crippen molar-refractivity contribution in [3.8, 4) is 5.75 Å². The maximum absolute atomic E-state index is 15.8. The molecule has 220 valence electrons. The SMILES string of the molecule is CS(=O)(=O)N1CCC(Oc2ccc(C(=O)Nc3cccc(C(F)(F)F)c3)c(NS(=O)(=O)c3ccccc3)c2F)CC1. The smallest absolute Gasteiger partial charge is 0.416 e. The van der Waals surface area contributed by atoms with Crippen molar-refractivity contribution in [2.24, 2.45) is 0 Å². The van der Waals surface area contributed by atoms with Gasteiger partial charge >= 0.3 is 6.18 Å². The van der Waals surface area contributed by atoms with Crippen molar-refractivity contribution in [2.75, 3.05) is 29.4 Å². The fourth-order valence-electron chi connectivity index (χ4n) is 4.16. The minimum atomic E-state index is -4.68. The van der Waals surface area contributed by atoms with Crippen LogP contribution in [0.4, 0.5) is 28.9 Å². The summed E-state index contributed by atoms with van der Waals surface area (Å²) in [5.74, 6) is -2.71. The van der Waals surface area contributed by atoms with Crippen LogP contribution in [0.25, 0.3) is 0 Å². The number of anilines is 2. The summed E-state index contributed by atoms with van der Waals surface area (Å²) in [5, 5.41) is 2.24.